The number of nitrogens with zero attached hydrogens (tertiary/aromatic N) is 1. The van der Waals surface area contributed by atoms with Crippen LogP contribution in [0.1, 0.15) is 27.7 Å². The number of ether oxygens (including phenoxy) is 6. The molecule has 0 spiro atoms. The van der Waals surface area contributed by atoms with Crippen molar-refractivity contribution < 1.29 is 47.6 Å². The van der Waals surface area contributed by atoms with Crippen LogP contribution >= 0.6 is 0 Å². The summed E-state index contributed by atoms with van der Waals surface area (Å²) < 4.78 is 28.5. The Balaban J connectivity index is 2.50. The van der Waals surface area contributed by atoms with Crippen LogP contribution < -0.4 is 9.47 Å². The van der Waals surface area contributed by atoms with Crippen molar-refractivity contribution >= 4 is 24.2 Å². The van der Waals surface area contributed by atoms with E-state index in [2.05, 4.69) is 14.5 Å². The Morgan fingerprint density at radius 1 is 0.857 bits per heavy atom. The minimum atomic E-state index is -1.16. The summed E-state index contributed by atoms with van der Waals surface area (Å²) in [6, 6.07) is 2.48. The highest BCUT2D eigenvalue weighted by molar-refractivity contribution is 5.78. The Morgan fingerprint density at radius 3 is 1.79 bits per heavy atom. The van der Waals surface area contributed by atoms with Gasteiger partial charge in [-0.3, -0.25) is 0 Å². The second-order valence-corrected chi connectivity index (χ2v) is 5.06. The van der Waals surface area contributed by atoms with Crippen LogP contribution in [0.5, 0.6) is 11.6 Å². The third-order valence-electron chi connectivity index (χ3n) is 2.88. The number of pyridine rings is 1. The summed E-state index contributed by atoms with van der Waals surface area (Å²) in [5, 5.41) is 0. The van der Waals surface area contributed by atoms with E-state index in [9.17, 15) is 19.2 Å². The molecule has 0 fully saturated rings. The van der Waals surface area contributed by atoms with Crippen molar-refractivity contribution in [1.82, 2.24) is 4.98 Å². The molecule has 1 rings (SSSR count). The molecule has 1 heterocycles. The first-order valence-electron chi connectivity index (χ1n) is 8.33. The number of rotatable bonds is 8. The predicted molar refractivity (Wildman–Crippen MR) is 90.6 cm³/mol. The van der Waals surface area contributed by atoms with Gasteiger partial charge in [0.15, 0.2) is 18.0 Å². The van der Waals surface area contributed by atoms with Crippen molar-refractivity contribution in [3.05, 3.63) is 18.3 Å². The highest BCUT2D eigenvalue weighted by atomic mass is 16.7. The fraction of sp³-hybridized carbons (Fsp3) is 0.471. The minimum absolute atomic E-state index is 0.0262. The molecule has 0 aliphatic rings. The summed E-state index contributed by atoms with van der Waals surface area (Å²) in [5.74, 6) is -1.62. The smallest absolute Gasteiger partial charge is 0.463 e. The molecule has 11 nitrogen and oxygen atoms in total. The molecule has 0 N–H and O–H groups in total. The molecule has 0 aliphatic carbocycles. The van der Waals surface area contributed by atoms with E-state index >= 15 is 0 Å². The van der Waals surface area contributed by atoms with Gasteiger partial charge in [0.05, 0.1) is 19.4 Å². The van der Waals surface area contributed by atoms with Crippen LogP contribution in [-0.4, -0.2) is 54.7 Å². The number of carbonyl (C=O) groups excluding carboxylic acids is 4. The third kappa shape index (κ3) is 7.89. The first-order valence-corrected chi connectivity index (χ1v) is 8.33. The molecule has 0 saturated carbocycles. The topological polar surface area (TPSA) is 137 Å². The summed E-state index contributed by atoms with van der Waals surface area (Å²) in [6.45, 7) is 6.18. The number of aromatic nitrogens is 1. The molecule has 0 aromatic carbocycles. The molecule has 1 aromatic rings. The van der Waals surface area contributed by atoms with Crippen LogP contribution in [-0.2, 0) is 28.5 Å². The van der Waals surface area contributed by atoms with Gasteiger partial charge < -0.3 is 28.4 Å². The third-order valence-corrected chi connectivity index (χ3v) is 2.88. The van der Waals surface area contributed by atoms with E-state index in [4.69, 9.17) is 18.9 Å². The highest BCUT2D eigenvalue weighted by Crippen LogP contribution is 2.15. The van der Waals surface area contributed by atoms with Crippen molar-refractivity contribution in [2.75, 3.05) is 13.2 Å². The van der Waals surface area contributed by atoms with E-state index in [0.717, 1.165) is 6.20 Å². The normalized spacial score (nSPS) is 12.1. The Morgan fingerprint density at radius 2 is 1.36 bits per heavy atom. The van der Waals surface area contributed by atoms with Gasteiger partial charge in [-0.25, -0.2) is 24.2 Å². The molecule has 154 valence electrons. The lowest BCUT2D eigenvalue weighted by Gasteiger charge is -2.12. The average molecular weight is 399 g/mol. The van der Waals surface area contributed by atoms with Gasteiger partial charge in [0.25, 0.3) is 0 Å². The van der Waals surface area contributed by atoms with Crippen molar-refractivity contribution in [2.24, 2.45) is 0 Å². The Hall–Kier alpha value is -3.37. The largest absolute Gasteiger partial charge is 0.516 e. The van der Waals surface area contributed by atoms with E-state index in [1.54, 1.807) is 13.8 Å². The first-order chi connectivity index (χ1) is 13.3. The van der Waals surface area contributed by atoms with Crippen molar-refractivity contribution in [1.29, 1.82) is 0 Å². The van der Waals surface area contributed by atoms with Gasteiger partial charge in [-0.05, 0) is 33.8 Å². The fourth-order valence-corrected chi connectivity index (χ4v) is 1.62. The Bertz CT molecular complexity index is 629. The monoisotopic (exact) mass is 399 g/mol. The standard InChI is InChI=1S/C17H21NO10/c1-5-23-14(19)10(3)25-16(21)27-12-7-8-13(18-9-12)28-17(22)26-11(4)15(20)24-6-2/h7-11H,5-6H2,1-4H3. The van der Waals surface area contributed by atoms with Gasteiger partial charge in [-0.15, -0.1) is 0 Å². The average Bonchev–Trinajstić information content (AvgIpc) is 2.63. The summed E-state index contributed by atoms with van der Waals surface area (Å²) in [4.78, 5) is 49.7. The second-order valence-electron chi connectivity index (χ2n) is 5.06. The van der Waals surface area contributed by atoms with E-state index in [0.29, 0.717) is 0 Å². The van der Waals surface area contributed by atoms with Crippen LogP contribution in [0.25, 0.3) is 0 Å². The number of hydrogen-bond donors (Lipinski definition) is 0. The van der Waals surface area contributed by atoms with Crippen LogP contribution in [0, 0.1) is 0 Å². The van der Waals surface area contributed by atoms with Crippen molar-refractivity contribution in [2.45, 2.75) is 39.9 Å². The molecule has 2 atom stereocenters. The van der Waals surface area contributed by atoms with E-state index in [1.807, 2.05) is 0 Å². The summed E-state index contributed by atoms with van der Waals surface area (Å²) in [6.07, 6.45) is -3.51. The zero-order valence-corrected chi connectivity index (χ0v) is 15.8. The second kappa shape index (κ2) is 11.4. The lowest BCUT2D eigenvalue weighted by Crippen LogP contribution is -2.28. The summed E-state index contributed by atoms with van der Waals surface area (Å²) >= 11 is 0. The van der Waals surface area contributed by atoms with Crippen LogP contribution in [0.2, 0.25) is 0 Å². The molecule has 2 unspecified atom stereocenters. The van der Waals surface area contributed by atoms with E-state index < -0.39 is 36.5 Å². The van der Waals surface area contributed by atoms with Crippen molar-refractivity contribution in [3.8, 4) is 11.6 Å². The Kier molecular flexibility index (Phi) is 9.20. The van der Waals surface area contributed by atoms with Crippen molar-refractivity contribution in [3.63, 3.8) is 0 Å². The van der Waals surface area contributed by atoms with Gasteiger partial charge in [0.2, 0.25) is 5.88 Å². The lowest BCUT2D eigenvalue weighted by molar-refractivity contribution is -0.153. The summed E-state index contributed by atoms with van der Waals surface area (Å²) in [5.41, 5.74) is 0. The molecule has 0 radical (unpaired) electrons. The minimum Gasteiger partial charge on any atom is -0.463 e. The molecular weight excluding hydrogens is 378 g/mol. The number of carbonyl (C=O) groups is 4. The predicted octanol–water partition coefficient (Wildman–Crippen LogP) is 2.02. The SMILES string of the molecule is CCOC(=O)C(C)OC(=O)Oc1ccc(OC(=O)OC(C)C(=O)OCC)nc1. The zero-order chi connectivity index (χ0) is 21.1. The van der Waals surface area contributed by atoms with Gasteiger partial charge in [0.1, 0.15) is 0 Å². The molecule has 0 bridgehead atoms. The lowest BCUT2D eigenvalue weighted by atomic mass is 10.4. The van der Waals surface area contributed by atoms with Gasteiger partial charge >= 0.3 is 24.2 Å². The van der Waals surface area contributed by atoms with E-state index in [1.165, 1.54) is 26.0 Å². The Labute approximate surface area is 160 Å². The number of hydrogen-bond acceptors (Lipinski definition) is 11. The van der Waals surface area contributed by atoms with Gasteiger partial charge in [0, 0.05) is 6.07 Å². The maximum Gasteiger partial charge on any atom is 0.516 e. The molecule has 28 heavy (non-hydrogen) atoms. The molecule has 11 heteroatoms. The van der Waals surface area contributed by atoms with Crippen LogP contribution in [0.4, 0.5) is 9.59 Å². The molecule has 0 aliphatic heterocycles. The van der Waals surface area contributed by atoms with Crippen LogP contribution in [0.3, 0.4) is 0 Å². The van der Waals surface area contributed by atoms with E-state index in [-0.39, 0.29) is 24.8 Å². The molecule has 0 saturated heterocycles. The molecule has 0 amide bonds. The first kappa shape index (κ1) is 22.7. The summed E-state index contributed by atoms with van der Waals surface area (Å²) in [7, 11) is 0. The fourth-order valence-electron chi connectivity index (χ4n) is 1.62. The maximum atomic E-state index is 11.6. The highest BCUT2D eigenvalue weighted by Gasteiger charge is 2.22. The maximum absolute atomic E-state index is 11.6. The van der Waals surface area contributed by atoms with Gasteiger partial charge in [-0.1, -0.05) is 0 Å². The zero-order valence-electron chi connectivity index (χ0n) is 15.8. The number of esters is 2. The quantitative estimate of drug-likeness (QED) is 0.469. The van der Waals surface area contributed by atoms with Crippen LogP contribution in [0.15, 0.2) is 18.3 Å². The van der Waals surface area contributed by atoms with Gasteiger partial charge in [-0.2, -0.15) is 0 Å². The molecular formula is C17H21NO10. The molecule has 1 aromatic heterocycles.